The molecule has 1 atom stereocenters. The predicted octanol–water partition coefficient (Wildman–Crippen LogP) is 5.80. The van der Waals surface area contributed by atoms with Gasteiger partial charge in [0, 0.05) is 29.4 Å². The number of ether oxygens (including phenoxy) is 1. The minimum atomic E-state index is 0.426. The van der Waals surface area contributed by atoms with Gasteiger partial charge in [-0.1, -0.05) is 56.3 Å². The molecule has 1 aliphatic carbocycles. The van der Waals surface area contributed by atoms with Gasteiger partial charge < -0.3 is 10.1 Å². The molecule has 4 rings (SSSR count). The second kappa shape index (κ2) is 10.3. The zero-order valence-corrected chi connectivity index (χ0v) is 19.9. The van der Waals surface area contributed by atoms with Crippen LogP contribution in [-0.4, -0.2) is 23.6 Å². The van der Waals surface area contributed by atoms with Gasteiger partial charge >= 0.3 is 0 Å². The highest BCUT2D eigenvalue weighted by Gasteiger charge is 2.21. The van der Waals surface area contributed by atoms with Crippen LogP contribution in [0.4, 0.5) is 0 Å². The van der Waals surface area contributed by atoms with Gasteiger partial charge in [-0.25, -0.2) is 4.98 Å². The summed E-state index contributed by atoms with van der Waals surface area (Å²) in [6.45, 7) is 7.33. The molecule has 2 aromatic carbocycles. The number of methoxy groups -OCH3 is 1. The van der Waals surface area contributed by atoms with Gasteiger partial charge in [-0.05, 0) is 67.7 Å². The van der Waals surface area contributed by atoms with Crippen LogP contribution in [0.3, 0.4) is 0 Å². The first kappa shape index (κ1) is 22.5. The summed E-state index contributed by atoms with van der Waals surface area (Å²) in [6.07, 6.45) is 6.39. The average Bonchev–Trinajstić information content (AvgIpc) is 2.84. The monoisotopic (exact) mass is 429 g/mol. The van der Waals surface area contributed by atoms with Gasteiger partial charge in [0.05, 0.1) is 7.11 Å². The summed E-state index contributed by atoms with van der Waals surface area (Å²) in [5, 5.41) is 3.78. The van der Waals surface area contributed by atoms with Gasteiger partial charge in [-0.3, -0.25) is 0 Å². The Bertz CT molecular complexity index is 1050. The first-order valence-corrected chi connectivity index (χ1v) is 12.0. The molecule has 1 aliphatic rings. The van der Waals surface area contributed by atoms with Crippen LogP contribution in [0.25, 0.3) is 11.4 Å². The molecule has 1 aromatic heterocycles. The third-order valence-corrected chi connectivity index (χ3v) is 6.73. The minimum absolute atomic E-state index is 0.426. The Kier molecular flexibility index (Phi) is 7.21. The largest absolute Gasteiger partial charge is 0.481 e. The van der Waals surface area contributed by atoms with Crippen LogP contribution in [0, 0.1) is 6.92 Å². The molecule has 168 valence electrons. The number of benzene rings is 2. The second-order valence-electron chi connectivity index (χ2n) is 8.63. The van der Waals surface area contributed by atoms with Crippen molar-refractivity contribution in [2.24, 2.45) is 0 Å². The normalized spacial score (nSPS) is 15.4. The first-order valence-electron chi connectivity index (χ1n) is 12.0. The molecule has 1 heterocycles. The maximum Gasteiger partial charge on any atom is 0.220 e. The predicted molar refractivity (Wildman–Crippen MR) is 131 cm³/mol. The zero-order valence-electron chi connectivity index (χ0n) is 19.9. The Labute approximate surface area is 192 Å². The summed E-state index contributed by atoms with van der Waals surface area (Å²) in [5.74, 6) is 1.48. The molecule has 4 nitrogen and oxygen atoms in total. The van der Waals surface area contributed by atoms with Gasteiger partial charge in [-0.15, -0.1) is 0 Å². The van der Waals surface area contributed by atoms with Crippen molar-refractivity contribution >= 4 is 0 Å². The van der Waals surface area contributed by atoms with Crippen LogP contribution in [0.15, 0.2) is 42.5 Å². The van der Waals surface area contributed by atoms with Crippen LogP contribution in [0.2, 0.25) is 0 Å². The number of nitrogens with one attached hydrogen (secondary N) is 1. The SMILES string of the molecule is CCc1cccc(CC)c1-c1nc(C)c(CCN[C@H]2CCCc3ccccc32)c(OC)n1. The van der Waals surface area contributed by atoms with Gasteiger partial charge in [0.2, 0.25) is 5.88 Å². The van der Waals surface area contributed by atoms with Gasteiger partial charge in [-0.2, -0.15) is 4.98 Å². The molecule has 3 aromatic rings. The van der Waals surface area contributed by atoms with Crippen molar-refractivity contribution in [2.45, 2.75) is 65.3 Å². The van der Waals surface area contributed by atoms with Crippen LogP contribution in [0.5, 0.6) is 5.88 Å². The molecule has 32 heavy (non-hydrogen) atoms. The summed E-state index contributed by atoms with van der Waals surface area (Å²) in [6, 6.07) is 15.8. The Hall–Kier alpha value is -2.72. The van der Waals surface area contributed by atoms with E-state index < -0.39 is 0 Å². The average molecular weight is 430 g/mol. The van der Waals surface area contributed by atoms with E-state index in [9.17, 15) is 0 Å². The summed E-state index contributed by atoms with van der Waals surface area (Å²) in [7, 11) is 1.71. The van der Waals surface area contributed by atoms with E-state index in [1.54, 1.807) is 7.11 Å². The van der Waals surface area contributed by atoms with Gasteiger partial charge in [0.1, 0.15) is 0 Å². The molecule has 0 radical (unpaired) electrons. The quantitative estimate of drug-likeness (QED) is 0.492. The minimum Gasteiger partial charge on any atom is -0.481 e. The molecule has 0 saturated carbocycles. The number of nitrogens with zero attached hydrogens (tertiary/aromatic N) is 2. The van der Waals surface area contributed by atoms with Crippen molar-refractivity contribution in [1.29, 1.82) is 0 Å². The maximum atomic E-state index is 5.76. The molecule has 4 heteroatoms. The Morgan fingerprint density at radius 2 is 1.75 bits per heavy atom. The lowest BCUT2D eigenvalue weighted by atomic mass is 9.87. The zero-order chi connectivity index (χ0) is 22.5. The maximum absolute atomic E-state index is 5.76. The van der Waals surface area contributed by atoms with E-state index in [-0.39, 0.29) is 0 Å². The lowest BCUT2D eigenvalue weighted by Crippen LogP contribution is -2.27. The van der Waals surface area contributed by atoms with E-state index in [1.165, 1.54) is 47.1 Å². The van der Waals surface area contributed by atoms with Gasteiger partial charge in [0.15, 0.2) is 5.82 Å². The van der Waals surface area contributed by atoms with Crippen molar-refractivity contribution in [1.82, 2.24) is 15.3 Å². The Morgan fingerprint density at radius 3 is 2.47 bits per heavy atom. The van der Waals surface area contributed by atoms with Crippen LogP contribution in [-0.2, 0) is 25.7 Å². The van der Waals surface area contributed by atoms with Crippen LogP contribution >= 0.6 is 0 Å². The molecule has 0 saturated heterocycles. The first-order chi connectivity index (χ1) is 15.7. The smallest absolute Gasteiger partial charge is 0.220 e. The molecule has 0 bridgehead atoms. The highest BCUT2D eigenvalue weighted by molar-refractivity contribution is 5.66. The highest BCUT2D eigenvalue weighted by atomic mass is 16.5. The molecule has 0 fully saturated rings. The standard InChI is InChI=1S/C28H35N3O/c1-5-20-12-9-13-21(6-2)26(20)27-30-19(3)23(28(31-27)32-4)17-18-29-25-16-10-14-22-11-7-8-15-24(22)25/h7-9,11-13,15,25,29H,5-6,10,14,16-18H2,1-4H3/t25-/m0/s1. The second-order valence-corrected chi connectivity index (χ2v) is 8.63. The van der Waals surface area contributed by atoms with E-state index in [0.29, 0.717) is 11.9 Å². The number of aryl methyl sites for hydroxylation is 4. The number of fused-ring (bicyclic) bond motifs is 1. The Balaban J connectivity index is 1.56. The van der Waals surface area contributed by atoms with E-state index in [2.05, 4.69) is 68.6 Å². The molecule has 0 amide bonds. The molecular weight excluding hydrogens is 394 g/mol. The molecule has 0 spiro atoms. The number of aromatic nitrogens is 2. The lowest BCUT2D eigenvalue weighted by Gasteiger charge is -2.26. The summed E-state index contributed by atoms with van der Waals surface area (Å²) < 4.78 is 5.76. The fraction of sp³-hybridized carbons (Fsp3) is 0.429. The van der Waals surface area contributed by atoms with Crippen LogP contribution in [0.1, 0.15) is 66.2 Å². The van der Waals surface area contributed by atoms with E-state index in [0.717, 1.165) is 42.9 Å². The van der Waals surface area contributed by atoms with Crippen molar-refractivity contribution in [3.05, 3.63) is 76.0 Å². The molecule has 1 N–H and O–H groups in total. The van der Waals surface area contributed by atoms with Crippen LogP contribution < -0.4 is 10.1 Å². The van der Waals surface area contributed by atoms with E-state index in [4.69, 9.17) is 14.7 Å². The third kappa shape index (κ3) is 4.56. The number of hydrogen-bond donors (Lipinski definition) is 1. The number of hydrogen-bond acceptors (Lipinski definition) is 4. The lowest BCUT2D eigenvalue weighted by molar-refractivity contribution is 0.389. The topological polar surface area (TPSA) is 47.0 Å². The molecular formula is C28H35N3O. The number of rotatable bonds is 8. The fourth-order valence-electron chi connectivity index (χ4n) is 5.01. The van der Waals surface area contributed by atoms with Crippen molar-refractivity contribution in [3.8, 4) is 17.3 Å². The fourth-order valence-corrected chi connectivity index (χ4v) is 5.01. The van der Waals surface area contributed by atoms with E-state index in [1.807, 2.05) is 0 Å². The van der Waals surface area contributed by atoms with Gasteiger partial charge in [0.25, 0.3) is 0 Å². The summed E-state index contributed by atoms with van der Waals surface area (Å²) in [5.41, 5.74) is 8.79. The van der Waals surface area contributed by atoms with E-state index >= 15 is 0 Å². The van der Waals surface area contributed by atoms with Crippen molar-refractivity contribution in [2.75, 3.05) is 13.7 Å². The van der Waals surface area contributed by atoms with Crippen molar-refractivity contribution in [3.63, 3.8) is 0 Å². The molecule has 0 aliphatic heterocycles. The van der Waals surface area contributed by atoms with Crippen molar-refractivity contribution < 1.29 is 4.74 Å². The third-order valence-electron chi connectivity index (χ3n) is 6.73. The Morgan fingerprint density at radius 1 is 1.00 bits per heavy atom. The molecule has 0 unspecified atom stereocenters. The summed E-state index contributed by atoms with van der Waals surface area (Å²) in [4.78, 5) is 9.83. The highest BCUT2D eigenvalue weighted by Crippen LogP contribution is 2.31. The summed E-state index contributed by atoms with van der Waals surface area (Å²) >= 11 is 0.